The topological polar surface area (TPSA) is 74.8 Å². The van der Waals surface area contributed by atoms with Crippen molar-refractivity contribution in [3.8, 4) is 0 Å². The number of carbonyl (C=O) groups excluding carboxylic acids is 2. The number of ether oxygens (including phenoxy) is 1. The zero-order valence-electron chi connectivity index (χ0n) is 16.9. The lowest BCUT2D eigenvalue weighted by atomic mass is 10.1. The summed E-state index contributed by atoms with van der Waals surface area (Å²) in [7, 11) is 1.18. The molecule has 11 heteroatoms. The highest BCUT2D eigenvalue weighted by Crippen LogP contribution is 2.40. The largest absolute Gasteiger partial charge is 0.465 e. The number of hydrogen-bond donors (Lipinski definition) is 1. The normalized spacial score (nSPS) is 15.6. The third-order valence-electron chi connectivity index (χ3n) is 4.73. The van der Waals surface area contributed by atoms with E-state index in [1.54, 1.807) is 4.90 Å². The standard InChI is InChI=1S/C19H23F3N4O3S/c1-11(2)23-15(27)9-25-4-6-26(7-5-25)14-8-13(19(20,21)22)17-16(24-14)12(10-30-17)18(28)29-3/h8,10-11H,4-7,9H2,1-3H3,(H,23,27). The zero-order chi connectivity index (χ0) is 22.1. The number of anilines is 1. The van der Waals surface area contributed by atoms with E-state index in [0.717, 1.165) is 17.4 Å². The summed E-state index contributed by atoms with van der Waals surface area (Å²) in [5, 5.41) is 4.16. The molecule has 0 saturated carbocycles. The fourth-order valence-electron chi connectivity index (χ4n) is 3.33. The van der Waals surface area contributed by atoms with E-state index in [9.17, 15) is 22.8 Å². The first-order chi connectivity index (χ1) is 14.1. The molecule has 3 rings (SSSR count). The van der Waals surface area contributed by atoms with Gasteiger partial charge in [0.2, 0.25) is 5.91 Å². The number of alkyl halides is 3. The van der Waals surface area contributed by atoms with Crippen molar-refractivity contribution in [3.05, 3.63) is 22.6 Å². The lowest BCUT2D eigenvalue weighted by Gasteiger charge is -2.35. The fourth-order valence-corrected chi connectivity index (χ4v) is 4.34. The summed E-state index contributed by atoms with van der Waals surface area (Å²) in [4.78, 5) is 31.9. The number of esters is 1. The number of piperazine rings is 1. The molecule has 0 aliphatic carbocycles. The van der Waals surface area contributed by atoms with Crippen LogP contribution in [0.5, 0.6) is 0 Å². The van der Waals surface area contributed by atoms with Crippen LogP contribution in [0, 0.1) is 0 Å². The van der Waals surface area contributed by atoms with Gasteiger partial charge in [0.15, 0.2) is 0 Å². The predicted molar refractivity (Wildman–Crippen MR) is 108 cm³/mol. The Morgan fingerprint density at radius 3 is 2.50 bits per heavy atom. The second-order valence-corrected chi connectivity index (χ2v) is 8.21. The molecule has 1 fully saturated rings. The highest BCUT2D eigenvalue weighted by molar-refractivity contribution is 7.17. The molecule has 0 aromatic carbocycles. The summed E-state index contributed by atoms with van der Waals surface area (Å²) >= 11 is 0.824. The van der Waals surface area contributed by atoms with Gasteiger partial charge in [0.25, 0.3) is 0 Å². The van der Waals surface area contributed by atoms with Gasteiger partial charge in [-0.3, -0.25) is 9.69 Å². The number of fused-ring (bicyclic) bond motifs is 1. The highest BCUT2D eigenvalue weighted by Gasteiger charge is 2.36. The van der Waals surface area contributed by atoms with Crippen LogP contribution in [0.2, 0.25) is 0 Å². The van der Waals surface area contributed by atoms with E-state index in [2.05, 4.69) is 15.0 Å². The maximum Gasteiger partial charge on any atom is 0.417 e. The molecule has 1 aliphatic heterocycles. The average molecular weight is 444 g/mol. The Hall–Kier alpha value is -2.40. The molecule has 0 bridgehead atoms. The van der Waals surface area contributed by atoms with Gasteiger partial charge in [0.1, 0.15) is 5.82 Å². The maximum atomic E-state index is 13.7. The van der Waals surface area contributed by atoms with E-state index < -0.39 is 17.7 Å². The zero-order valence-corrected chi connectivity index (χ0v) is 17.7. The molecule has 7 nitrogen and oxygen atoms in total. The van der Waals surface area contributed by atoms with E-state index >= 15 is 0 Å². The molecule has 0 spiro atoms. The predicted octanol–water partition coefficient (Wildman–Crippen LogP) is 2.75. The van der Waals surface area contributed by atoms with Crippen molar-refractivity contribution in [2.24, 2.45) is 0 Å². The van der Waals surface area contributed by atoms with Crippen molar-refractivity contribution >= 4 is 39.2 Å². The minimum atomic E-state index is -4.58. The van der Waals surface area contributed by atoms with Crippen LogP contribution in [0.1, 0.15) is 29.8 Å². The Morgan fingerprint density at radius 2 is 1.93 bits per heavy atom. The number of thiophene rings is 1. The smallest absolute Gasteiger partial charge is 0.417 e. The number of hydrogen-bond acceptors (Lipinski definition) is 7. The SMILES string of the molecule is COC(=O)c1csc2c(C(F)(F)F)cc(N3CCN(CC(=O)NC(C)C)CC3)nc12. The van der Waals surface area contributed by atoms with Crippen molar-refractivity contribution < 1.29 is 27.5 Å². The van der Waals surface area contributed by atoms with Crippen molar-refractivity contribution in [3.63, 3.8) is 0 Å². The monoisotopic (exact) mass is 444 g/mol. The molecule has 1 saturated heterocycles. The van der Waals surface area contributed by atoms with E-state index in [4.69, 9.17) is 0 Å². The number of nitrogens with one attached hydrogen (secondary N) is 1. The van der Waals surface area contributed by atoms with Gasteiger partial charge >= 0.3 is 12.1 Å². The Morgan fingerprint density at radius 1 is 1.27 bits per heavy atom. The summed E-state index contributed by atoms with van der Waals surface area (Å²) in [6.07, 6.45) is -4.58. The number of pyridine rings is 1. The minimum absolute atomic E-state index is 0.00424. The molecule has 0 atom stereocenters. The summed E-state index contributed by atoms with van der Waals surface area (Å²) in [6.45, 7) is 5.86. The van der Waals surface area contributed by atoms with Gasteiger partial charge in [-0.1, -0.05) is 0 Å². The van der Waals surface area contributed by atoms with Gasteiger partial charge in [-0.25, -0.2) is 9.78 Å². The van der Waals surface area contributed by atoms with Crippen molar-refractivity contribution in [1.82, 2.24) is 15.2 Å². The third-order valence-corrected chi connectivity index (χ3v) is 5.74. The molecule has 2 aromatic rings. The maximum absolute atomic E-state index is 13.7. The lowest BCUT2D eigenvalue weighted by Crippen LogP contribution is -2.50. The van der Waals surface area contributed by atoms with Gasteiger partial charge in [-0.15, -0.1) is 11.3 Å². The van der Waals surface area contributed by atoms with Crippen LogP contribution in [0.25, 0.3) is 10.2 Å². The molecule has 1 N–H and O–H groups in total. The van der Waals surface area contributed by atoms with Gasteiger partial charge in [0, 0.05) is 37.6 Å². The van der Waals surface area contributed by atoms with Crippen LogP contribution in [0.4, 0.5) is 19.0 Å². The van der Waals surface area contributed by atoms with E-state index in [1.807, 2.05) is 18.7 Å². The fraction of sp³-hybridized carbons (Fsp3) is 0.526. The Kier molecular flexibility index (Phi) is 6.51. The first-order valence-corrected chi connectivity index (χ1v) is 10.3. The average Bonchev–Trinajstić information content (AvgIpc) is 3.09. The third kappa shape index (κ3) is 4.84. The van der Waals surface area contributed by atoms with Crippen molar-refractivity contribution in [1.29, 1.82) is 0 Å². The first kappa shape index (κ1) is 22.3. The van der Waals surface area contributed by atoms with Crippen LogP contribution < -0.4 is 10.2 Å². The number of rotatable bonds is 5. The van der Waals surface area contributed by atoms with Crippen LogP contribution in [-0.2, 0) is 15.7 Å². The molecular weight excluding hydrogens is 421 g/mol. The second-order valence-electron chi connectivity index (χ2n) is 7.33. The summed E-state index contributed by atoms with van der Waals surface area (Å²) in [6, 6.07) is 1.08. The lowest BCUT2D eigenvalue weighted by molar-refractivity contribution is -0.136. The Labute approximate surface area is 175 Å². The molecule has 0 radical (unpaired) electrons. The molecule has 0 unspecified atom stereocenters. The Balaban J connectivity index is 1.84. The van der Waals surface area contributed by atoms with Crippen molar-refractivity contribution in [2.45, 2.75) is 26.1 Å². The van der Waals surface area contributed by atoms with Crippen LogP contribution >= 0.6 is 11.3 Å². The number of nitrogens with zero attached hydrogens (tertiary/aromatic N) is 3. The van der Waals surface area contributed by atoms with E-state index in [-0.39, 0.29) is 40.1 Å². The first-order valence-electron chi connectivity index (χ1n) is 9.44. The van der Waals surface area contributed by atoms with E-state index in [0.29, 0.717) is 26.2 Å². The number of methoxy groups -OCH3 is 1. The minimum Gasteiger partial charge on any atom is -0.465 e. The van der Waals surface area contributed by atoms with Crippen LogP contribution in [-0.4, -0.2) is 67.6 Å². The van der Waals surface area contributed by atoms with Crippen LogP contribution in [0.15, 0.2) is 11.4 Å². The summed E-state index contributed by atoms with van der Waals surface area (Å²) in [5.41, 5.74) is -0.800. The molecule has 3 heterocycles. The summed E-state index contributed by atoms with van der Waals surface area (Å²) in [5.74, 6) is -0.650. The number of aromatic nitrogens is 1. The molecule has 164 valence electrons. The Bertz CT molecular complexity index is 937. The van der Waals surface area contributed by atoms with E-state index in [1.165, 1.54) is 12.5 Å². The van der Waals surface area contributed by atoms with Gasteiger partial charge < -0.3 is 15.0 Å². The number of carbonyl (C=O) groups is 2. The molecule has 1 aliphatic rings. The molecule has 2 aromatic heterocycles. The van der Waals surface area contributed by atoms with Gasteiger partial charge in [0.05, 0.1) is 35.0 Å². The van der Waals surface area contributed by atoms with Crippen LogP contribution in [0.3, 0.4) is 0 Å². The van der Waals surface area contributed by atoms with Crippen molar-refractivity contribution in [2.75, 3.05) is 44.7 Å². The highest BCUT2D eigenvalue weighted by atomic mass is 32.1. The second kappa shape index (κ2) is 8.76. The number of halogens is 3. The quantitative estimate of drug-likeness (QED) is 0.715. The van der Waals surface area contributed by atoms with Gasteiger partial charge in [-0.05, 0) is 19.9 Å². The molecule has 30 heavy (non-hydrogen) atoms. The summed E-state index contributed by atoms with van der Waals surface area (Å²) < 4.78 is 45.6. The molecule has 1 amide bonds. The molecular formula is C19H23F3N4O3S. The van der Waals surface area contributed by atoms with Gasteiger partial charge in [-0.2, -0.15) is 13.2 Å². The number of amides is 1.